The minimum atomic E-state index is -0.534. The summed E-state index contributed by atoms with van der Waals surface area (Å²) in [5.74, 6) is 0.134. The third kappa shape index (κ3) is 3.85. The first-order valence-electron chi connectivity index (χ1n) is 10.0. The molecule has 0 spiro atoms. The summed E-state index contributed by atoms with van der Waals surface area (Å²) >= 11 is 0.790. The summed E-state index contributed by atoms with van der Waals surface area (Å²) in [6.45, 7) is 8.43. The average molecular weight is 460 g/mol. The summed E-state index contributed by atoms with van der Waals surface area (Å²) in [6.07, 6.45) is 2.29. The number of benzene rings is 1. The number of carbonyl (C=O) groups is 1. The van der Waals surface area contributed by atoms with Gasteiger partial charge in [0.15, 0.2) is 5.65 Å². The monoisotopic (exact) mass is 460 g/mol. The van der Waals surface area contributed by atoms with Crippen molar-refractivity contribution in [1.29, 1.82) is 0 Å². The third-order valence-corrected chi connectivity index (χ3v) is 6.31. The Hall–Kier alpha value is -4.37. The van der Waals surface area contributed by atoms with Crippen LogP contribution in [0.15, 0.2) is 48.7 Å². The molecule has 4 aromatic rings. The highest BCUT2D eigenvalue weighted by Crippen LogP contribution is 2.29. The zero-order valence-electron chi connectivity index (χ0n) is 17.1. The Morgan fingerprint density at radius 1 is 1.24 bits per heavy atom. The molecule has 12 heteroatoms. The highest BCUT2D eigenvalue weighted by molar-refractivity contribution is 7.17. The molecule has 1 aromatic carbocycles. The zero-order valence-corrected chi connectivity index (χ0v) is 17.9. The Labute approximate surface area is 191 Å². The lowest BCUT2D eigenvalue weighted by Gasteiger charge is -2.16. The molecule has 0 saturated carbocycles. The van der Waals surface area contributed by atoms with Crippen molar-refractivity contribution in [2.24, 2.45) is 0 Å². The van der Waals surface area contributed by atoms with Crippen LogP contribution in [-0.4, -0.2) is 49.7 Å². The predicted molar refractivity (Wildman–Crippen MR) is 123 cm³/mol. The number of carbonyl (C=O) groups excluding carboxylic acids is 1. The lowest BCUT2D eigenvalue weighted by molar-refractivity contribution is -0.380. The fraction of sp³-hybridized carbons (Fsp3) is 0.190. The van der Waals surface area contributed by atoms with E-state index in [1.54, 1.807) is 10.9 Å². The van der Waals surface area contributed by atoms with Gasteiger partial charge < -0.3 is 15.1 Å². The molecule has 4 heterocycles. The standard InChI is InChI=1S/C21H16N8O3S/c1-22-13-9-10-27(12-13)21-25-18(24-20(30)16-7-8-17(33-16)29(31)32)15-11-23-28(19(15)26-21)14-5-3-2-4-6-14/h2-8,11,13H,9-10,12H2,(H,24,25,26,30)/t13-/m1/s1. The van der Waals surface area contributed by atoms with Crippen LogP contribution in [0.3, 0.4) is 0 Å². The number of nitrogens with one attached hydrogen (secondary N) is 1. The van der Waals surface area contributed by atoms with E-state index in [0.29, 0.717) is 36.5 Å². The SMILES string of the molecule is [C-]#[N+][C@@H]1CCN(c2nc(NC(=O)c3ccc([N+](=O)[O-])s3)c3cnn(-c4ccccc4)c3n2)C1. The van der Waals surface area contributed by atoms with Crippen molar-refractivity contribution < 1.29 is 9.72 Å². The highest BCUT2D eigenvalue weighted by Gasteiger charge is 2.29. The average Bonchev–Trinajstić information content (AvgIpc) is 3.58. The van der Waals surface area contributed by atoms with Crippen molar-refractivity contribution in [3.05, 3.63) is 75.1 Å². The Balaban J connectivity index is 1.57. The van der Waals surface area contributed by atoms with Crippen molar-refractivity contribution in [3.63, 3.8) is 0 Å². The Morgan fingerprint density at radius 2 is 2.06 bits per heavy atom. The van der Waals surface area contributed by atoms with Crippen LogP contribution in [0.25, 0.3) is 21.6 Å². The number of thiophene rings is 1. The summed E-state index contributed by atoms with van der Waals surface area (Å²) in [5, 5.41) is 18.6. The lowest BCUT2D eigenvalue weighted by Crippen LogP contribution is -2.24. The van der Waals surface area contributed by atoms with Gasteiger partial charge in [0, 0.05) is 19.0 Å². The number of hydrogen-bond acceptors (Lipinski definition) is 8. The number of anilines is 2. The number of fused-ring (bicyclic) bond motifs is 1. The van der Waals surface area contributed by atoms with Gasteiger partial charge in [0.2, 0.25) is 12.0 Å². The van der Waals surface area contributed by atoms with Crippen molar-refractivity contribution in [3.8, 4) is 5.69 Å². The second-order valence-corrected chi connectivity index (χ2v) is 8.43. The van der Waals surface area contributed by atoms with Gasteiger partial charge in [-0.1, -0.05) is 29.5 Å². The molecular weight excluding hydrogens is 444 g/mol. The maximum atomic E-state index is 12.8. The highest BCUT2D eigenvalue weighted by atomic mass is 32.1. The largest absolute Gasteiger partial charge is 0.333 e. The van der Waals surface area contributed by atoms with Crippen LogP contribution in [-0.2, 0) is 0 Å². The van der Waals surface area contributed by atoms with Gasteiger partial charge in [0.1, 0.15) is 5.82 Å². The first kappa shape index (κ1) is 20.5. The van der Waals surface area contributed by atoms with E-state index in [0.717, 1.165) is 17.0 Å². The number of nitrogens with zero attached hydrogens (tertiary/aromatic N) is 7. The molecule has 0 aliphatic carbocycles. The zero-order chi connectivity index (χ0) is 22.9. The Bertz CT molecular complexity index is 1410. The summed E-state index contributed by atoms with van der Waals surface area (Å²) < 4.78 is 1.66. The van der Waals surface area contributed by atoms with E-state index in [1.165, 1.54) is 12.1 Å². The topological polar surface area (TPSA) is 123 Å². The summed E-state index contributed by atoms with van der Waals surface area (Å²) in [6, 6.07) is 12.0. The maximum Gasteiger partial charge on any atom is 0.324 e. The van der Waals surface area contributed by atoms with Gasteiger partial charge in [0.05, 0.1) is 33.6 Å². The Morgan fingerprint density at radius 3 is 2.76 bits per heavy atom. The van der Waals surface area contributed by atoms with E-state index < -0.39 is 10.8 Å². The minimum absolute atomic E-state index is 0.118. The molecule has 1 atom stereocenters. The normalized spacial score (nSPS) is 15.5. The van der Waals surface area contributed by atoms with Crippen LogP contribution in [0, 0.1) is 16.7 Å². The number of hydrogen-bond donors (Lipinski definition) is 1. The van der Waals surface area contributed by atoms with Crippen LogP contribution in [0.2, 0.25) is 0 Å². The van der Waals surface area contributed by atoms with E-state index >= 15 is 0 Å². The van der Waals surface area contributed by atoms with Gasteiger partial charge in [-0.2, -0.15) is 15.1 Å². The smallest absolute Gasteiger partial charge is 0.324 e. The summed E-state index contributed by atoms with van der Waals surface area (Å²) in [7, 11) is 0. The van der Waals surface area contributed by atoms with Gasteiger partial charge in [-0.25, -0.2) is 11.3 Å². The van der Waals surface area contributed by atoms with E-state index in [2.05, 4.69) is 20.2 Å². The van der Waals surface area contributed by atoms with Gasteiger partial charge in [-0.05, 0) is 18.2 Å². The van der Waals surface area contributed by atoms with E-state index in [4.69, 9.17) is 11.6 Å². The molecule has 164 valence electrons. The third-order valence-electron chi connectivity index (χ3n) is 5.27. The van der Waals surface area contributed by atoms with Gasteiger partial charge in [-0.15, -0.1) is 0 Å². The number of rotatable bonds is 5. The molecule has 3 aromatic heterocycles. The second kappa shape index (κ2) is 8.29. The van der Waals surface area contributed by atoms with E-state index in [9.17, 15) is 14.9 Å². The van der Waals surface area contributed by atoms with Gasteiger partial charge >= 0.3 is 5.00 Å². The first-order chi connectivity index (χ1) is 16.0. The lowest BCUT2D eigenvalue weighted by atomic mass is 10.3. The molecule has 1 fully saturated rings. The van der Waals surface area contributed by atoms with Crippen LogP contribution < -0.4 is 10.2 Å². The molecule has 0 bridgehead atoms. The predicted octanol–water partition coefficient (Wildman–Crippen LogP) is 3.54. The van der Waals surface area contributed by atoms with Crippen molar-refractivity contribution in [1.82, 2.24) is 19.7 Å². The van der Waals surface area contributed by atoms with Crippen LogP contribution in [0.4, 0.5) is 16.8 Å². The molecule has 0 unspecified atom stereocenters. The van der Waals surface area contributed by atoms with E-state index in [1.807, 2.05) is 35.2 Å². The van der Waals surface area contributed by atoms with Crippen molar-refractivity contribution in [2.75, 3.05) is 23.3 Å². The molecule has 33 heavy (non-hydrogen) atoms. The summed E-state index contributed by atoms with van der Waals surface area (Å²) in [5.41, 5.74) is 1.30. The molecule has 1 amide bonds. The quantitative estimate of drug-likeness (QED) is 0.274. The second-order valence-electron chi connectivity index (χ2n) is 7.37. The summed E-state index contributed by atoms with van der Waals surface area (Å²) in [4.78, 5) is 38.3. The molecular formula is C21H16N8O3S. The molecule has 1 saturated heterocycles. The van der Waals surface area contributed by atoms with Crippen molar-refractivity contribution in [2.45, 2.75) is 12.5 Å². The molecule has 5 rings (SSSR count). The Kier molecular flexibility index (Phi) is 5.15. The van der Waals surface area contributed by atoms with Gasteiger partial charge in [0.25, 0.3) is 5.91 Å². The minimum Gasteiger partial charge on any atom is -0.333 e. The fourth-order valence-corrected chi connectivity index (χ4v) is 4.35. The first-order valence-corrected chi connectivity index (χ1v) is 10.8. The van der Waals surface area contributed by atoms with Crippen LogP contribution in [0.5, 0.6) is 0 Å². The molecule has 11 nitrogen and oxygen atoms in total. The maximum absolute atomic E-state index is 12.8. The number of aromatic nitrogens is 4. The molecule has 1 N–H and O–H groups in total. The molecule has 1 aliphatic heterocycles. The molecule has 1 aliphatic rings. The number of nitro groups is 1. The van der Waals surface area contributed by atoms with Crippen molar-refractivity contribution >= 4 is 45.0 Å². The number of para-hydroxylation sites is 1. The van der Waals surface area contributed by atoms with E-state index in [-0.39, 0.29) is 21.7 Å². The number of amides is 1. The molecule has 0 radical (unpaired) electrons. The van der Waals surface area contributed by atoms with Crippen LogP contribution >= 0.6 is 11.3 Å². The fourth-order valence-electron chi connectivity index (χ4n) is 3.64. The van der Waals surface area contributed by atoms with Gasteiger partial charge in [-0.3, -0.25) is 14.9 Å². The van der Waals surface area contributed by atoms with Crippen LogP contribution in [0.1, 0.15) is 16.1 Å².